The van der Waals surface area contributed by atoms with Crippen LogP contribution in [0.2, 0.25) is 0 Å². The third kappa shape index (κ3) is 3.27. The van der Waals surface area contributed by atoms with Gasteiger partial charge < -0.3 is 10.2 Å². The molecule has 1 amide bonds. The third-order valence-corrected chi connectivity index (χ3v) is 1.87. The first kappa shape index (κ1) is 12.0. The van der Waals surface area contributed by atoms with Crippen LogP contribution in [0.15, 0.2) is 35.5 Å². The summed E-state index contributed by atoms with van der Waals surface area (Å²) in [5, 5.41) is 6.12. The minimum atomic E-state index is -0.588. The highest BCUT2D eigenvalue weighted by Crippen LogP contribution is 2.03. The summed E-state index contributed by atoms with van der Waals surface area (Å²) in [6, 6.07) is 9.50. The molecule has 86 valence electrons. The van der Waals surface area contributed by atoms with Crippen LogP contribution in [0.4, 0.5) is 4.79 Å². The normalized spacial score (nSPS) is 10.8. The zero-order chi connectivity index (χ0) is 12.0. The number of carbonyl (C=O) groups is 1. The molecule has 5 nitrogen and oxygen atoms in total. The maximum Gasteiger partial charge on any atom is 0.433 e. The molecule has 0 unspecified atom stereocenters. The van der Waals surface area contributed by atoms with Gasteiger partial charge in [0.2, 0.25) is 0 Å². The minimum absolute atomic E-state index is 0.587. The van der Waals surface area contributed by atoms with Gasteiger partial charge in [0.25, 0.3) is 0 Å². The standard InChI is InChI=1S/C11H15N3O2/c1-12-11(15)16-13-10(14(2)3)9-7-5-4-6-8-9/h4-8H,1-3H3,(H,12,15)/b13-10-. The SMILES string of the molecule is CNC(=O)O/N=C(/c1ccccc1)N(C)C. The zero-order valence-corrected chi connectivity index (χ0v) is 9.60. The van der Waals surface area contributed by atoms with Gasteiger partial charge in [-0.3, -0.25) is 4.84 Å². The molecular formula is C11H15N3O2. The maximum absolute atomic E-state index is 10.9. The summed E-state index contributed by atoms with van der Waals surface area (Å²) in [4.78, 5) is 17.4. The Kier molecular flexibility index (Phi) is 4.32. The van der Waals surface area contributed by atoms with Crippen LogP contribution >= 0.6 is 0 Å². The number of nitrogens with zero attached hydrogens (tertiary/aromatic N) is 2. The molecule has 0 aliphatic heterocycles. The quantitative estimate of drug-likeness (QED) is 0.354. The summed E-state index contributed by atoms with van der Waals surface area (Å²) in [6.45, 7) is 0. The van der Waals surface area contributed by atoms with Gasteiger partial charge >= 0.3 is 6.09 Å². The van der Waals surface area contributed by atoms with Crippen molar-refractivity contribution in [1.29, 1.82) is 0 Å². The van der Waals surface area contributed by atoms with Gasteiger partial charge in [0, 0.05) is 26.7 Å². The summed E-state index contributed by atoms with van der Waals surface area (Å²) >= 11 is 0. The van der Waals surface area contributed by atoms with Crippen LogP contribution in [0, 0.1) is 0 Å². The van der Waals surface area contributed by atoms with Crippen molar-refractivity contribution in [3.8, 4) is 0 Å². The second-order valence-corrected chi connectivity index (χ2v) is 3.30. The first-order valence-electron chi connectivity index (χ1n) is 4.84. The molecule has 0 aromatic heterocycles. The number of amides is 1. The van der Waals surface area contributed by atoms with Crippen molar-refractivity contribution in [2.75, 3.05) is 21.1 Å². The highest BCUT2D eigenvalue weighted by molar-refractivity contribution is 5.98. The van der Waals surface area contributed by atoms with Crippen LogP contribution in [-0.2, 0) is 4.84 Å². The number of hydrogen-bond donors (Lipinski definition) is 1. The van der Waals surface area contributed by atoms with Gasteiger partial charge in [0.1, 0.15) is 0 Å². The van der Waals surface area contributed by atoms with Gasteiger partial charge in [-0.15, -0.1) is 0 Å². The van der Waals surface area contributed by atoms with Gasteiger partial charge in [-0.05, 0) is 0 Å². The molecule has 1 aromatic rings. The molecule has 1 aromatic carbocycles. The maximum atomic E-state index is 10.9. The molecule has 0 heterocycles. The van der Waals surface area contributed by atoms with Crippen LogP contribution in [0.5, 0.6) is 0 Å². The van der Waals surface area contributed by atoms with E-state index in [1.807, 2.05) is 44.4 Å². The summed E-state index contributed by atoms with van der Waals surface area (Å²) in [5.41, 5.74) is 0.886. The molecule has 0 fully saturated rings. The topological polar surface area (TPSA) is 53.9 Å². The number of amidine groups is 1. The van der Waals surface area contributed by atoms with Crippen molar-refractivity contribution in [3.63, 3.8) is 0 Å². The molecule has 0 saturated carbocycles. The van der Waals surface area contributed by atoms with Crippen LogP contribution in [0.25, 0.3) is 0 Å². The van der Waals surface area contributed by atoms with E-state index in [0.717, 1.165) is 5.56 Å². The van der Waals surface area contributed by atoms with Gasteiger partial charge in [0.05, 0.1) is 0 Å². The van der Waals surface area contributed by atoms with E-state index in [1.165, 1.54) is 7.05 Å². The van der Waals surface area contributed by atoms with E-state index >= 15 is 0 Å². The highest BCUT2D eigenvalue weighted by atomic mass is 16.7. The second-order valence-electron chi connectivity index (χ2n) is 3.30. The van der Waals surface area contributed by atoms with E-state index in [-0.39, 0.29) is 0 Å². The van der Waals surface area contributed by atoms with Gasteiger partial charge in [0.15, 0.2) is 5.84 Å². The summed E-state index contributed by atoms with van der Waals surface area (Å²) in [5.74, 6) is 0.587. The van der Waals surface area contributed by atoms with E-state index in [4.69, 9.17) is 0 Å². The monoisotopic (exact) mass is 221 g/mol. The van der Waals surface area contributed by atoms with Gasteiger partial charge in [-0.1, -0.05) is 35.5 Å². The number of rotatable bonds is 2. The predicted molar refractivity (Wildman–Crippen MR) is 62.2 cm³/mol. The number of hydrogen-bond acceptors (Lipinski definition) is 3. The van der Waals surface area contributed by atoms with Crippen molar-refractivity contribution in [3.05, 3.63) is 35.9 Å². The number of benzene rings is 1. The molecule has 0 saturated heterocycles. The molecule has 1 rings (SSSR count). The van der Waals surface area contributed by atoms with E-state index in [0.29, 0.717) is 5.84 Å². The van der Waals surface area contributed by atoms with Crippen molar-refractivity contribution >= 4 is 11.9 Å². The lowest BCUT2D eigenvalue weighted by Gasteiger charge is -2.14. The molecule has 0 radical (unpaired) electrons. The molecule has 0 atom stereocenters. The Morgan fingerprint density at radius 1 is 1.31 bits per heavy atom. The molecule has 0 aliphatic carbocycles. The molecule has 0 bridgehead atoms. The fourth-order valence-corrected chi connectivity index (χ4v) is 1.11. The lowest BCUT2D eigenvalue weighted by molar-refractivity contribution is 0.151. The van der Waals surface area contributed by atoms with E-state index in [9.17, 15) is 4.79 Å². The molecule has 16 heavy (non-hydrogen) atoms. The number of carbonyl (C=O) groups excluding carboxylic acids is 1. The fraction of sp³-hybridized carbons (Fsp3) is 0.273. The van der Waals surface area contributed by atoms with Crippen molar-refractivity contribution in [2.45, 2.75) is 0 Å². The average molecular weight is 221 g/mol. The Labute approximate surface area is 94.7 Å². The van der Waals surface area contributed by atoms with Crippen LogP contribution in [0.1, 0.15) is 5.56 Å². The van der Waals surface area contributed by atoms with Gasteiger partial charge in [-0.25, -0.2) is 4.79 Å². The Hall–Kier alpha value is -2.04. The first-order valence-corrected chi connectivity index (χ1v) is 4.84. The Morgan fingerprint density at radius 2 is 1.94 bits per heavy atom. The lowest BCUT2D eigenvalue weighted by atomic mass is 10.2. The van der Waals surface area contributed by atoms with Crippen molar-refractivity contribution in [1.82, 2.24) is 10.2 Å². The average Bonchev–Trinajstić information content (AvgIpc) is 2.30. The van der Waals surface area contributed by atoms with Crippen LogP contribution < -0.4 is 5.32 Å². The fourth-order valence-electron chi connectivity index (χ4n) is 1.11. The Balaban J connectivity index is 2.88. The summed E-state index contributed by atoms with van der Waals surface area (Å²) < 4.78 is 0. The highest BCUT2D eigenvalue weighted by Gasteiger charge is 2.07. The summed E-state index contributed by atoms with van der Waals surface area (Å²) in [7, 11) is 5.15. The molecule has 1 N–H and O–H groups in total. The van der Waals surface area contributed by atoms with Crippen LogP contribution in [0.3, 0.4) is 0 Å². The van der Waals surface area contributed by atoms with Crippen molar-refractivity contribution < 1.29 is 9.63 Å². The van der Waals surface area contributed by atoms with Crippen molar-refractivity contribution in [2.24, 2.45) is 5.16 Å². The molecular weight excluding hydrogens is 206 g/mol. The van der Waals surface area contributed by atoms with E-state index in [1.54, 1.807) is 4.90 Å². The lowest BCUT2D eigenvalue weighted by Crippen LogP contribution is -2.25. The van der Waals surface area contributed by atoms with Gasteiger partial charge in [-0.2, -0.15) is 0 Å². The van der Waals surface area contributed by atoms with E-state index in [2.05, 4.69) is 15.3 Å². The largest absolute Gasteiger partial charge is 0.433 e. The third-order valence-electron chi connectivity index (χ3n) is 1.87. The second kappa shape index (κ2) is 5.75. The zero-order valence-electron chi connectivity index (χ0n) is 9.60. The first-order chi connectivity index (χ1) is 7.65. The number of oxime groups is 1. The molecule has 0 spiro atoms. The van der Waals surface area contributed by atoms with Crippen LogP contribution in [-0.4, -0.2) is 38.0 Å². The van der Waals surface area contributed by atoms with E-state index < -0.39 is 6.09 Å². The number of nitrogens with one attached hydrogen (secondary N) is 1. The Morgan fingerprint density at radius 3 is 2.44 bits per heavy atom. The summed E-state index contributed by atoms with van der Waals surface area (Å²) in [6.07, 6.45) is -0.588. The Bertz CT molecular complexity index is 374. The molecule has 5 heteroatoms. The smallest absolute Gasteiger partial charge is 0.360 e. The predicted octanol–water partition coefficient (Wildman–Crippen LogP) is 1.27. The minimum Gasteiger partial charge on any atom is -0.360 e. The molecule has 0 aliphatic rings.